The lowest BCUT2D eigenvalue weighted by molar-refractivity contribution is 0.675. The van der Waals surface area contributed by atoms with E-state index in [9.17, 15) is 4.79 Å². The molecule has 0 aliphatic carbocycles. The number of hydrogen-bond donors (Lipinski definition) is 0. The summed E-state index contributed by atoms with van der Waals surface area (Å²) in [7, 11) is 1.85. The van der Waals surface area contributed by atoms with Crippen LogP contribution in [0.15, 0.2) is 23.4 Å². The molecule has 2 aromatic rings. The van der Waals surface area contributed by atoms with Gasteiger partial charge in [-0.2, -0.15) is 5.10 Å². The highest BCUT2D eigenvalue weighted by Gasteiger charge is 2.06. The van der Waals surface area contributed by atoms with E-state index in [1.807, 2.05) is 48.8 Å². The van der Waals surface area contributed by atoms with Crippen molar-refractivity contribution in [3.63, 3.8) is 0 Å². The molecule has 0 atom stereocenters. The number of aromatic nitrogens is 4. The summed E-state index contributed by atoms with van der Waals surface area (Å²) in [6.07, 6.45) is 3.42. The number of nitrogens with zero attached hydrogens (tertiary/aromatic N) is 4. The SMILES string of the molecule is Cc1ncn(Cc2ccn(C)n2)c(=O)c1I. The Balaban J connectivity index is 2.36. The molecule has 16 heavy (non-hydrogen) atoms. The molecule has 5 nitrogen and oxygen atoms in total. The van der Waals surface area contributed by atoms with E-state index < -0.39 is 0 Å². The Bertz CT molecular complexity index is 572. The number of hydrogen-bond acceptors (Lipinski definition) is 3. The summed E-state index contributed by atoms with van der Waals surface area (Å²) >= 11 is 2.02. The molecule has 0 aliphatic rings. The summed E-state index contributed by atoms with van der Waals surface area (Å²) in [4.78, 5) is 16.0. The number of aryl methyl sites for hydroxylation is 2. The van der Waals surface area contributed by atoms with Crippen LogP contribution in [0.1, 0.15) is 11.4 Å². The van der Waals surface area contributed by atoms with Gasteiger partial charge in [-0.1, -0.05) is 0 Å². The van der Waals surface area contributed by atoms with Crippen LogP contribution in [0.3, 0.4) is 0 Å². The fourth-order valence-electron chi connectivity index (χ4n) is 1.38. The molecule has 2 rings (SSSR count). The van der Waals surface area contributed by atoms with Crippen molar-refractivity contribution < 1.29 is 0 Å². The predicted molar refractivity (Wildman–Crippen MR) is 68.3 cm³/mol. The molecule has 0 aliphatic heterocycles. The van der Waals surface area contributed by atoms with Gasteiger partial charge in [0.1, 0.15) is 0 Å². The van der Waals surface area contributed by atoms with Crippen molar-refractivity contribution in [2.45, 2.75) is 13.5 Å². The van der Waals surface area contributed by atoms with E-state index in [0.29, 0.717) is 10.1 Å². The Labute approximate surface area is 106 Å². The Hall–Kier alpha value is -1.18. The Morgan fingerprint density at radius 3 is 2.88 bits per heavy atom. The van der Waals surface area contributed by atoms with E-state index in [1.54, 1.807) is 15.6 Å². The molecular formula is C10H11IN4O. The lowest BCUT2D eigenvalue weighted by Gasteiger charge is -2.04. The van der Waals surface area contributed by atoms with Gasteiger partial charge in [0.15, 0.2) is 0 Å². The van der Waals surface area contributed by atoms with E-state index in [0.717, 1.165) is 11.4 Å². The summed E-state index contributed by atoms with van der Waals surface area (Å²) in [6, 6.07) is 1.89. The quantitative estimate of drug-likeness (QED) is 0.770. The van der Waals surface area contributed by atoms with Crippen molar-refractivity contribution in [3.8, 4) is 0 Å². The van der Waals surface area contributed by atoms with Gasteiger partial charge in [0.2, 0.25) is 0 Å². The van der Waals surface area contributed by atoms with Gasteiger partial charge in [0.05, 0.1) is 27.8 Å². The summed E-state index contributed by atoms with van der Waals surface area (Å²) in [5.74, 6) is 0. The number of halogens is 1. The second-order valence-electron chi connectivity index (χ2n) is 3.56. The van der Waals surface area contributed by atoms with Gasteiger partial charge in [-0.3, -0.25) is 14.0 Å². The normalized spacial score (nSPS) is 10.7. The van der Waals surface area contributed by atoms with Gasteiger partial charge in [-0.05, 0) is 35.6 Å². The Morgan fingerprint density at radius 1 is 1.50 bits per heavy atom. The van der Waals surface area contributed by atoms with Crippen LogP contribution in [0.2, 0.25) is 0 Å². The van der Waals surface area contributed by atoms with E-state index in [4.69, 9.17) is 0 Å². The van der Waals surface area contributed by atoms with Crippen LogP contribution >= 0.6 is 22.6 Å². The molecule has 0 saturated carbocycles. The minimum atomic E-state index is -0.0150. The van der Waals surface area contributed by atoms with Gasteiger partial charge < -0.3 is 0 Å². The Morgan fingerprint density at radius 2 is 2.25 bits per heavy atom. The highest BCUT2D eigenvalue weighted by atomic mass is 127. The van der Waals surface area contributed by atoms with Crippen molar-refractivity contribution in [1.29, 1.82) is 0 Å². The van der Waals surface area contributed by atoms with Gasteiger partial charge in [-0.25, -0.2) is 4.98 Å². The number of rotatable bonds is 2. The zero-order chi connectivity index (χ0) is 11.7. The van der Waals surface area contributed by atoms with Crippen LogP contribution < -0.4 is 5.56 Å². The molecule has 6 heteroatoms. The van der Waals surface area contributed by atoms with E-state index in [-0.39, 0.29) is 5.56 Å². The molecule has 2 aromatic heterocycles. The third-order valence-corrected chi connectivity index (χ3v) is 3.50. The van der Waals surface area contributed by atoms with Crippen molar-refractivity contribution in [3.05, 3.63) is 43.9 Å². The topological polar surface area (TPSA) is 52.7 Å². The van der Waals surface area contributed by atoms with E-state index >= 15 is 0 Å². The van der Waals surface area contributed by atoms with Crippen molar-refractivity contribution in [2.24, 2.45) is 7.05 Å². The van der Waals surface area contributed by atoms with Crippen molar-refractivity contribution in [2.75, 3.05) is 0 Å². The highest BCUT2D eigenvalue weighted by molar-refractivity contribution is 14.1. The third-order valence-electron chi connectivity index (χ3n) is 2.26. The minimum absolute atomic E-state index is 0.0150. The predicted octanol–water partition coefficient (Wildman–Crippen LogP) is 0.938. The second kappa shape index (κ2) is 4.36. The van der Waals surface area contributed by atoms with E-state index in [1.165, 1.54) is 0 Å². The van der Waals surface area contributed by atoms with Crippen LogP contribution in [0.25, 0.3) is 0 Å². The molecule has 0 saturated heterocycles. The van der Waals surface area contributed by atoms with Gasteiger partial charge in [0, 0.05) is 13.2 Å². The Kier molecular flexibility index (Phi) is 3.08. The molecule has 0 amide bonds. The van der Waals surface area contributed by atoms with Crippen molar-refractivity contribution >= 4 is 22.6 Å². The first-order chi connectivity index (χ1) is 7.58. The fourth-order valence-corrected chi connectivity index (χ4v) is 1.83. The zero-order valence-corrected chi connectivity index (χ0v) is 11.2. The van der Waals surface area contributed by atoms with Crippen LogP contribution in [0.5, 0.6) is 0 Å². The largest absolute Gasteiger partial charge is 0.292 e. The average molecular weight is 330 g/mol. The molecule has 0 bridgehead atoms. The monoisotopic (exact) mass is 330 g/mol. The molecule has 84 valence electrons. The maximum atomic E-state index is 11.9. The second-order valence-corrected chi connectivity index (χ2v) is 4.64. The molecule has 0 fully saturated rings. The fraction of sp³-hybridized carbons (Fsp3) is 0.300. The first kappa shape index (κ1) is 11.3. The van der Waals surface area contributed by atoms with Gasteiger partial charge in [-0.15, -0.1) is 0 Å². The zero-order valence-electron chi connectivity index (χ0n) is 9.01. The molecular weight excluding hydrogens is 319 g/mol. The summed E-state index contributed by atoms with van der Waals surface area (Å²) in [6.45, 7) is 2.29. The first-order valence-corrected chi connectivity index (χ1v) is 5.86. The average Bonchev–Trinajstić information content (AvgIpc) is 2.65. The summed E-state index contributed by atoms with van der Waals surface area (Å²) in [5.41, 5.74) is 1.60. The maximum Gasteiger partial charge on any atom is 0.267 e. The van der Waals surface area contributed by atoms with Crippen LogP contribution in [0.4, 0.5) is 0 Å². The van der Waals surface area contributed by atoms with E-state index in [2.05, 4.69) is 10.1 Å². The standard InChI is InChI=1S/C10H11IN4O/c1-7-9(11)10(16)15(6-12-7)5-8-3-4-14(2)13-8/h3-4,6H,5H2,1-2H3. The summed E-state index contributed by atoms with van der Waals surface area (Å²) < 4.78 is 3.94. The molecule has 2 heterocycles. The van der Waals surface area contributed by atoms with Gasteiger partial charge in [0.25, 0.3) is 5.56 Å². The van der Waals surface area contributed by atoms with Crippen LogP contribution in [-0.4, -0.2) is 19.3 Å². The molecule has 0 aromatic carbocycles. The summed E-state index contributed by atoms with van der Waals surface area (Å²) in [5, 5.41) is 4.23. The smallest absolute Gasteiger partial charge is 0.267 e. The first-order valence-electron chi connectivity index (χ1n) is 4.78. The molecule has 0 radical (unpaired) electrons. The third kappa shape index (κ3) is 2.16. The van der Waals surface area contributed by atoms with Gasteiger partial charge >= 0.3 is 0 Å². The minimum Gasteiger partial charge on any atom is -0.292 e. The molecule has 0 N–H and O–H groups in total. The lowest BCUT2D eigenvalue weighted by atomic mass is 10.4. The molecule has 0 spiro atoms. The maximum absolute atomic E-state index is 11.9. The molecule has 0 unspecified atom stereocenters. The van der Waals surface area contributed by atoms with Crippen molar-refractivity contribution in [1.82, 2.24) is 19.3 Å². The highest BCUT2D eigenvalue weighted by Crippen LogP contribution is 2.03. The van der Waals surface area contributed by atoms with Crippen LogP contribution in [0, 0.1) is 10.5 Å². The van der Waals surface area contributed by atoms with Crippen LogP contribution in [-0.2, 0) is 13.6 Å². The lowest BCUT2D eigenvalue weighted by Crippen LogP contribution is -2.24.